The van der Waals surface area contributed by atoms with E-state index in [4.69, 9.17) is 4.52 Å². The topological polar surface area (TPSA) is 87.0 Å². The van der Waals surface area contributed by atoms with Gasteiger partial charge in [0.05, 0.1) is 6.54 Å². The van der Waals surface area contributed by atoms with E-state index in [1.54, 1.807) is 0 Å². The van der Waals surface area contributed by atoms with Crippen molar-refractivity contribution in [1.82, 2.24) is 30.2 Å². The second-order valence-electron chi connectivity index (χ2n) is 5.69. The molecule has 3 heterocycles. The van der Waals surface area contributed by atoms with E-state index in [0.717, 1.165) is 50.2 Å². The van der Waals surface area contributed by atoms with Crippen molar-refractivity contribution < 1.29 is 4.52 Å². The van der Waals surface area contributed by atoms with Crippen LogP contribution >= 0.6 is 0 Å². The molecule has 8 heteroatoms. The van der Waals surface area contributed by atoms with Crippen molar-refractivity contribution in [2.45, 2.75) is 33.2 Å². The number of rotatable bonds is 4. The van der Waals surface area contributed by atoms with Crippen LogP contribution in [0.25, 0.3) is 0 Å². The highest BCUT2D eigenvalue weighted by Crippen LogP contribution is 2.18. The zero-order valence-corrected chi connectivity index (χ0v) is 12.7. The van der Waals surface area contributed by atoms with Gasteiger partial charge in [0.25, 0.3) is 0 Å². The van der Waals surface area contributed by atoms with E-state index in [0.29, 0.717) is 6.01 Å². The monoisotopic (exact) mass is 291 g/mol. The molecule has 3 rings (SSSR count). The highest BCUT2D eigenvalue weighted by molar-refractivity contribution is 5.26. The van der Waals surface area contributed by atoms with E-state index in [2.05, 4.69) is 49.0 Å². The van der Waals surface area contributed by atoms with E-state index >= 15 is 0 Å². The molecule has 1 N–H and O–H groups in total. The van der Waals surface area contributed by atoms with E-state index in [9.17, 15) is 0 Å². The zero-order chi connectivity index (χ0) is 14.8. The predicted octanol–water partition coefficient (Wildman–Crippen LogP) is 0.942. The van der Waals surface area contributed by atoms with Gasteiger partial charge in [-0.25, -0.2) is 4.98 Å². The highest BCUT2D eigenvalue weighted by Gasteiger charge is 2.22. The number of aromatic nitrogens is 5. The highest BCUT2D eigenvalue weighted by atomic mass is 16.5. The van der Waals surface area contributed by atoms with Gasteiger partial charge >= 0.3 is 6.01 Å². The quantitative estimate of drug-likeness (QED) is 0.897. The Balaban J connectivity index is 1.54. The number of nitrogens with zero attached hydrogens (tertiary/aromatic N) is 6. The van der Waals surface area contributed by atoms with Crippen molar-refractivity contribution in [2.75, 3.05) is 31.1 Å². The molecule has 0 aliphatic carbocycles. The largest absolute Gasteiger partial charge is 0.324 e. The van der Waals surface area contributed by atoms with Crippen LogP contribution in [-0.2, 0) is 6.54 Å². The molecule has 2 aromatic heterocycles. The molecule has 114 valence electrons. The molecule has 2 aromatic rings. The van der Waals surface area contributed by atoms with Crippen molar-refractivity contribution in [1.29, 1.82) is 0 Å². The molecule has 1 aliphatic heterocycles. The molecular formula is C13H21N7O. The van der Waals surface area contributed by atoms with Crippen LogP contribution in [-0.4, -0.2) is 56.4 Å². The Labute approximate surface area is 123 Å². The van der Waals surface area contributed by atoms with E-state index in [1.807, 2.05) is 6.92 Å². The number of hydrogen-bond donors (Lipinski definition) is 1. The Hall–Kier alpha value is -1.96. The smallest absolute Gasteiger partial charge is 0.322 e. The van der Waals surface area contributed by atoms with Gasteiger partial charge in [-0.2, -0.15) is 10.1 Å². The fraction of sp³-hybridized carbons (Fsp3) is 0.692. The second-order valence-corrected chi connectivity index (χ2v) is 5.69. The van der Waals surface area contributed by atoms with Gasteiger partial charge in [-0.1, -0.05) is 19.0 Å². The summed E-state index contributed by atoms with van der Waals surface area (Å²) in [5, 5.41) is 11.1. The molecule has 0 unspecified atom stereocenters. The maximum absolute atomic E-state index is 5.34. The standard InChI is InChI=1S/C13H21N7O/c1-9(2)12-15-13(21-18-12)20-6-4-19(5-7-20)8-11-14-10(3)16-17-11/h9H,4-8H2,1-3H3,(H,14,16,17). The van der Waals surface area contributed by atoms with Gasteiger partial charge in [-0.15, -0.1) is 0 Å². The molecule has 1 aliphatic rings. The fourth-order valence-corrected chi connectivity index (χ4v) is 2.35. The Bertz CT molecular complexity index is 583. The van der Waals surface area contributed by atoms with Crippen LogP contribution in [0, 0.1) is 6.92 Å². The summed E-state index contributed by atoms with van der Waals surface area (Å²) in [6.07, 6.45) is 0. The van der Waals surface area contributed by atoms with Gasteiger partial charge in [-0.3, -0.25) is 10.00 Å². The Morgan fingerprint density at radius 1 is 1.19 bits per heavy atom. The number of aromatic amines is 1. The van der Waals surface area contributed by atoms with E-state index < -0.39 is 0 Å². The lowest BCUT2D eigenvalue weighted by atomic mass is 10.2. The first-order valence-corrected chi connectivity index (χ1v) is 7.30. The maximum Gasteiger partial charge on any atom is 0.324 e. The van der Waals surface area contributed by atoms with Crippen LogP contribution in [0.2, 0.25) is 0 Å². The van der Waals surface area contributed by atoms with Crippen molar-refractivity contribution in [3.8, 4) is 0 Å². The summed E-state index contributed by atoms with van der Waals surface area (Å²) < 4.78 is 5.34. The number of aryl methyl sites for hydroxylation is 1. The zero-order valence-electron chi connectivity index (χ0n) is 12.7. The Morgan fingerprint density at radius 2 is 1.95 bits per heavy atom. The van der Waals surface area contributed by atoms with Crippen LogP contribution in [0.5, 0.6) is 0 Å². The fourth-order valence-electron chi connectivity index (χ4n) is 2.35. The summed E-state index contributed by atoms with van der Waals surface area (Å²) in [6.45, 7) is 10.4. The van der Waals surface area contributed by atoms with Crippen LogP contribution in [0.4, 0.5) is 6.01 Å². The number of H-pyrrole nitrogens is 1. The predicted molar refractivity (Wildman–Crippen MR) is 77.0 cm³/mol. The molecule has 0 amide bonds. The van der Waals surface area contributed by atoms with Gasteiger partial charge in [0.15, 0.2) is 11.6 Å². The Morgan fingerprint density at radius 3 is 2.52 bits per heavy atom. The van der Waals surface area contributed by atoms with E-state index in [1.165, 1.54) is 0 Å². The van der Waals surface area contributed by atoms with Crippen molar-refractivity contribution >= 4 is 6.01 Å². The molecule has 1 saturated heterocycles. The van der Waals surface area contributed by atoms with Crippen LogP contribution < -0.4 is 4.90 Å². The van der Waals surface area contributed by atoms with Crippen molar-refractivity contribution in [3.63, 3.8) is 0 Å². The molecule has 0 atom stereocenters. The lowest BCUT2D eigenvalue weighted by molar-refractivity contribution is 0.237. The third kappa shape index (κ3) is 3.21. The number of hydrogen-bond acceptors (Lipinski definition) is 7. The normalized spacial score (nSPS) is 16.9. The average Bonchev–Trinajstić information content (AvgIpc) is 3.09. The van der Waals surface area contributed by atoms with Crippen molar-refractivity contribution in [2.24, 2.45) is 0 Å². The molecule has 0 bridgehead atoms. The van der Waals surface area contributed by atoms with Crippen molar-refractivity contribution in [3.05, 3.63) is 17.5 Å². The second kappa shape index (κ2) is 5.80. The molecule has 0 saturated carbocycles. The third-order valence-electron chi connectivity index (χ3n) is 3.60. The first kappa shape index (κ1) is 14.0. The maximum atomic E-state index is 5.34. The summed E-state index contributed by atoms with van der Waals surface area (Å²) in [6, 6.07) is 0.632. The van der Waals surface area contributed by atoms with Gasteiger partial charge in [0.2, 0.25) is 0 Å². The van der Waals surface area contributed by atoms with E-state index in [-0.39, 0.29) is 5.92 Å². The average molecular weight is 291 g/mol. The minimum Gasteiger partial charge on any atom is -0.322 e. The summed E-state index contributed by atoms with van der Waals surface area (Å²) >= 11 is 0. The first-order valence-electron chi connectivity index (χ1n) is 7.30. The van der Waals surface area contributed by atoms with Crippen LogP contribution in [0.1, 0.15) is 37.2 Å². The number of piperazine rings is 1. The molecule has 1 fully saturated rings. The lowest BCUT2D eigenvalue weighted by Gasteiger charge is -2.32. The van der Waals surface area contributed by atoms with Gasteiger partial charge in [-0.05, 0) is 6.92 Å². The lowest BCUT2D eigenvalue weighted by Crippen LogP contribution is -2.46. The van der Waals surface area contributed by atoms with Gasteiger partial charge in [0.1, 0.15) is 5.82 Å². The number of nitrogens with one attached hydrogen (secondary N) is 1. The molecule has 0 aromatic carbocycles. The number of anilines is 1. The SMILES string of the molecule is Cc1nc(CN2CCN(c3nc(C(C)C)no3)CC2)n[nH]1. The van der Waals surface area contributed by atoms with Gasteiger partial charge in [0, 0.05) is 32.1 Å². The first-order chi connectivity index (χ1) is 10.1. The molecule has 21 heavy (non-hydrogen) atoms. The summed E-state index contributed by atoms with van der Waals surface area (Å²) in [4.78, 5) is 13.3. The summed E-state index contributed by atoms with van der Waals surface area (Å²) in [5.74, 6) is 2.76. The molecular weight excluding hydrogens is 270 g/mol. The van der Waals surface area contributed by atoms with Gasteiger partial charge < -0.3 is 9.42 Å². The van der Waals surface area contributed by atoms with Crippen LogP contribution in [0.15, 0.2) is 4.52 Å². The molecule has 8 nitrogen and oxygen atoms in total. The molecule has 0 spiro atoms. The third-order valence-corrected chi connectivity index (χ3v) is 3.60. The van der Waals surface area contributed by atoms with Crippen LogP contribution in [0.3, 0.4) is 0 Å². The molecule has 0 radical (unpaired) electrons. The minimum absolute atomic E-state index is 0.290. The summed E-state index contributed by atoms with van der Waals surface area (Å²) in [5.41, 5.74) is 0. The minimum atomic E-state index is 0.290. The Kier molecular flexibility index (Phi) is 3.87. The summed E-state index contributed by atoms with van der Waals surface area (Å²) in [7, 11) is 0.